The largest absolute Gasteiger partial charge is 0.348 e. The highest BCUT2D eigenvalue weighted by atomic mass is 32.2. The van der Waals surface area contributed by atoms with E-state index in [1.54, 1.807) is 0 Å². The number of carbonyl (C=O) groups excluding carboxylic acids is 1. The van der Waals surface area contributed by atoms with Crippen molar-refractivity contribution >= 4 is 17.7 Å². The molecule has 3 nitrogen and oxygen atoms in total. The molecule has 1 aromatic rings. The van der Waals surface area contributed by atoms with Crippen molar-refractivity contribution in [2.24, 2.45) is 11.7 Å². The second-order valence-corrected chi connectivity index (χ2v) is 6.61. The Labute approximate surface area is 119 Å². The molecular formula is C15H22N2OS. The van der Waals surface area contributed by atoms with Crippen LogP contribution in [-0.2, 0) is 4.79 Å². The van der Waals surface area contributed by atoms with Crippen LogP contribution < -0.4 is 11.1 Å². The van der Waals surface area contributed by atoms with Crippen LogP contribution in [0.2, 0.25) is 0 Å². The van der Waals surface area contributed by atoms with Crippen LogP contribution >= 0.6 is 11.8 Å². The molecule has 1 amide bonds. The Balaban J connectivity index is 2.02. The standard InChI is InChI=1S/C15H22N2OS/c1-10(2)9-12(16)15(18)17-13-7-8-19-14-6-4-3-5-11(13)14/h3-6,10,12-13H,7-9,16H2,1-2H3,(H,17,18). The molecule has 2 atom stereocenters. The number of benzene rings is 1. The summed E-state index contributed by atoms with van der Waals surface area (Å²) in [5, 5.41) is 3.10. The molecule has 0 bridgehead atoms. The van der Waals surface area contributed by atoms with Gasteiger partial charge in [-0.25, -0.2) is 0 Å². The third-order valence-electron chi connectivity index (χ3n) is 3.34. The van der Waals surface area contributed by atoms with Gasteiger partial charge in [0, 0.05) is 10.6 Å². The van der Waals surface area contributed by atoms with E-state index in [-0.39, 0.29) is 11.9 Å². The number of nitrogens with two attached hydrogens (primary N) is 1. The topological polar surface area (TPSA) is 55.1 Å². The summed E-state index contributed by atoms with van der Waals surface area (Å²) in [6.45, 7) is 4.17. The molecule has 2 unspecified atom stereocenters. The second kappa shape index (κ2) is 6.44. The zero-order valence-corrected chi connectivity index (χ0v) is 12.4. The Hall–Kier alpha value is -1.00. The SMILES string of the molecule is CC(C)CC(N)C(=O)NC1CCSc2ccccc21. The predicted octanol–water partition coefficient (Wildman–Crippen LogP) is 2.71. The van der Waals surface area contributed by atoms with Crippen LogP contribution in [0.4, 0.5) is 0 Å². The number of carbonyl (C=O) groups is 1. The quantitative estimate of drug-likeness (QED) is 0.890. The maximum Gasteiger partial charge on any atom is 0.237 e. The fourth-order valence-corrected chi connectivity index (χ4v) is 3.51. The van der Waals surface area contributed by atoms with Crippen LogP contribution in [0.15, 0.2) is 29.2 Å². The summed E-state index contributed by atoms with van der Waals surface area (Å²) in [4.78, 5) is 13.4. The number of nitrogens with one attached hydrogen (secondary N) is 1. The zero-order valence-electron chi connectivity index (χ0n) is 11.6. The van der Waals surface area contributed by atoms with Gasteiger partial charge in [0.25, 0.3) is 0 Å². The minimum atomic E-state index is -0.401. The lowest BCUT2D eigenvalue weighted by Gasteiger charge is -2.27. The third kappa shape index (κ3) is 3.74. The van der Waals surface area contributed by atoms with Gasteiger partial charge in [0.1, 0.15) is 0 Å². The normalized spacial score (nSPS) is 19.9. The van der Waals surface area contributed by atoms with Gasteiger partial charge in [0.05, 0.1) is 12.1 Å². The Kier molecular flexibility index (Phi) is 4.88. The van der Waals surface area contributed by atoms with E-state index >= 15 is 0 Å². The minimum Gasteiger partial charge on any atom is -0.348 e. The van der Waals surface area contributed by atoms with Crippen LogP contribution in [0.3, 0.4) is 0 Å². The molecule has 4 heteroatoms. The van der Waals surface area contributed by atoms with Crippen LogP contribution in [0.1, 0.15) is 38.3 Å². The molecule has 0 saturated heterocycles. The molecule has 0 saturated carbocycles. The molecule has 104 valence electrons. The average Bonchev–Trinajstić information content (AvgIpc) is 2.38. The van der Waals surface area contributed by atoms with Gasteiger partial charge < -0.3 is 11.1 Å². The van der Waals surface area contributed by atoms with Crippen molar-refractivity contribution in [3.8, 4) is 0 Å². The fourth-order valence-electron chi connectivity index (χ4n) is 2.39. The first-order chi connectivity index (χ1) is 9.08. The van der Waals surface area contributed by atoms with Crippen molar-refractivity contribution in [3.05, 3.63) is 29.8 Å². The summed E-state index contributed by atoms with van der Waals surface area (Å²) < 4.78 is 0. The Morgan fingerprint density at radius 3 is 2.95 bits per heavy atom. The lowest BCUT2D eigenvalue weighted by Crippen LogP contribution is -2.43. The molecular weight excluding hydrogens is 256 g/mol. The first-order valence-electron chi connectivity index (χ1n) is 6.85. The number of thioether (sulfide) groups is 1. The Bertz CT molecular complexity index is 448. The molecule has 0 radical (unpaired) electrons. The summed E-state index contributed by atoms with van der Waals surface area (Å²) in [5.41, 5.74) is 7.16. The Morgan fingerprint density at radius 2 is 2.21 bits per heavy atom. The molecule has 0 fully saturated rings. The van der Waals surface area contributed by atoms with E-state index in [2.05, 4.69) is 31.3 Å². The highest BCUT2D eigenvalue weighted by Gasteiger charge is 2.24. The maximum absolute atomic E-state index is 12.1. The molecule has 1 heterocycles. The number of hydrogen-bond donors (Lipinski definition) is 2. The van der Waals surface area contributed by atoms with E-state index in [1.807, 2.05) is 23.9 Å². The summed E-state index contributed by atoms with van der Waals surface area (Å²) in [6.07, 6.45) is 1.71. The molecule has 1 aliphatic rings. The number of amides is 1. The van der Waals surface area contributed by atoms with Gasteiger partial charge in [-0.2, -0.15) is 0 Å². The molecule has 2 rings (SSSR count). The van der Waals surface area contributed by atoms with Crippen LogP contribution in [0.25, 0.3) is 0 Å². The summed E-state index contributed by atoms with van der Waals surface area (Å²) >= 11 is 1.86. The van der Waals surface area contributed by atoms with Crippen molar-refractivity contribution in [2.45, 2.75) is 43.7 Å². The highest BCUT2D eigenvalue weighted by Crippen LogP contribution is 2.35. The Morgan fingerprint density at radius 1 is 1.47 bits per heavy atom. The lowest BCUT2D eigenvalue weighted by atomic mass is 10.0. The van der Waals surface area contributed by atoms with Crippen LogP contribution in [0, 0.1) is 5.92 Å². The molecule has 0 aliphatic carbocycles. The van der Waals surface area contributed by atoms with E-state index < -0.39 is 6.04 Å². The molecule has 1 aromatic carbocycles. The van der Waals surface area contributed by atoms with Gasteiger partial charge in [-0.15, -0.1) is 11.8 Å². The molecule has 19 heavy (non-hydrogen) atoms. The van der Waals surface area contributed by atoms with E-state index in [0.29, 0.717) is 5.92 Å². The van der Waals surface area contributed by atoms with Gasteiger partial charge in [-0.1, -0.05) is 32.0 Å². The average molecular weight is 278 g/mol. The summed E-state index contributed by atoms with van der Waals surface area (Å²) in [5.74, 6) is 1.46. The zero-order chi connectivity index (χ0) is 13.8. The minimum absolute atomic E-state index is 0.0274. The van der Waals surface area contributed by atoms with Crippen molar-refractivity contribution in [3.63, 3.8) is 0 Å². The molecule has 0 spiro atoms. The molecule has 0 aromatic heterocycles. The monoisotopic (exact) mass is 278 g/mol. The van der Waals surface area contributed by atoms with Gasteiger partial charge >= 0.3 is 0 Å². The number of hydrogen-bond acceptors (Lipinski definition) is 3. The van der Waals surface area contributed by atoms with Crippen molar-refractivity contribution in [1.82, 2.24) is 5.32 Å². The van der Waals surface area contributed by atoms with Crippen LogP contribution in [0.5, 0.6) is 0 Å². The first-order valence-corrected chi connectivity index (χ1v) is 7.84. The number of fused-ring (bicyclic) bond motifs is 1. The van der Waals surface area contributed by atoms with E-state index in [0.717, 1.165) is 18.6 Å². The molecule has 1 aliphatic heterocycles. The van der Waals surface area contributed by atoms with Gasteiger partial charge in [0.2, 0.25) is 5.91 Å². The van der Waals surface area contributed by atoms with Crippen LogP contribution in [-0.4, -0.2) is 17.7 Å². The van der Waals surface area contributed by atoms with Crippen molar-refractivity contribution in [1.29, 1.82) is 0 Å². The van der Waals surface area contributed by atoms with E-state index in [4.69, 9.17) is 5.73 Å². The van der Waals surface area contributed by atoms with Gasteiger partial charge in [0.15, 0.2) is 0 Å². The lowest BCUT2D eigenvalue weighted by molar-refractivity contribution is -0.123. The fraction of sp³-hybridized carbons (Fsp3) is 0.533. The van der Waals surface area contributed by atoms with Gasteiger partial charge in [-0.3, -0.25) is 4.79 Å². The van der Waals surface area contributed by atoms with Crippen molar-refractivity contribution < 1.29 is 4.79 Å². The van der Waals surface area contributed by atoms with Gasteiger partial charge in [-0.05, 0) is 30.4 Å². The number of rotatable bonds is 4. The molecule has 3 N–H and O–H groups in total. The second-order valence-electron chi connectivity index (χ2n) is 5.47. The highest BCUT2D eigenvalue weighted by molar-refractivity contribution is 7.99. The predicted molar refractivity (Wildman–Crippen MR) is 80.1 cm³/mol. The smallest absolute Gasteiger partial charge is 0.237 e. The van der Waals surface area contributed by atoms with E-state index in [9.17, 15) is 4.79 Å². The maximum atomic E-state index is 12.1. The third-order valence-corrected chi connectivity index (χ3v) is 4.46. The summed E-state index contributed by atoms with van der Waals surface area (Å²) in [7, 11) is 0. The summed E-state index contributed by atoms with van der Waals surface area (Å²) in [6, 6.07) is 8.00. The van der Waals surface area contributed by atoms with Crippen molar-refractivity contribution in [2.75, 3.05) is 5.75 Å². The van der Waals surface area contributed by atoms with E-state index in [1.165, 1.54) is 10.5 Å². The first kappa shape index (κ1) is 14.4.